The maximum absolute atomic E-state index is 6.68. The van der Waals surface area contributed by atoms with Crippen LogP contribution in [0.4, 0.5) is 0 Å². The second-order valence-corrected chi connectivity index (χ2v) is 14.8. The molecule has 0 aromatic rings. The van der Waals surface area contributed by atoms with Crippen molar-refractivity contribution < 1.29 is 9.47 Å². The molecule has 1 unspecified atom stereocenters. The molecule has 264 valence electrons. The van der Waals surface area contributed by atoms with Crippen LogP contribution in [0, 0.1) is 0 Å². The molecule has 0 aromatic heterocycles. The van der Waals surface area contributed by atoms with Gasteiger partial charge in [0.05, 0.1) is 12.2 Å². The van der Waals surface area contributed by atoms with E-state index in [1.807, 2.05) is 0 Å². The Morgan fingerprint density at radius 3 is 1.22 bits per heavy atom. The molecule has 0 spiro atoms. The van der Waals surface area contributed by atoms with Crippen LogP contribution >= 0.6 is 0 Å². The number of rotatable bonds is 32. The van der Waals surface area contributed by atoms with E-state index in [0.29, 0.717) is 0 Å². The van der Waals surface area contributed by atoms with Gasteiger partial charge in [0.2, 0.25) is 0 Å². The van der Waals surface area contributed by atoms with E-state index in [4.69, 9.17) is 15.2 Å². The van der Waals surface area contributed by atoms with Gasteiger partial charge in [0, 0.05) is 18.9 Å². The summed E-state index contributed by atoms with van der Waals surface area (Å²) < 4.78 is 13.4. The van der Waals surface area contributed by atoms with E-state index in [1.165, 1.54) is 173 Å². The topological polar surface area (TPSA) is 44.5 Å². The van der Waals surface area contributed by atoms with Crippen molar-refractivity contribution in [2.75, 3.05) is 0 Å². The molecule has 0 radical (unpaired) electrons. The smallest absolute Gasteiger partial charge is 0.169 e. The van der Waals surface area contributed by atoms with Crippen LogP contribution in [0.25, 0.3) is 0 Å². The largest absolute Gasteiger partial charge is 0.344 e. The molecule has 3 nitrogen and oxygen atoms in total. The van der Waals surface area contributed by atoms with Gasteiger partial charge >= 0.3 is 0 Å². The first kappa shape index (κ1) is 40.5. The van der Waals surface area contributed by atoms with E-state index in [2.05, 4.69) is 38.2 Å². The third-order valence-corrected chi connectivity index (χ3v) is 10.4. The van der Waals surface area contributed by atoms with Gasteiger partial charge in [0.25, 0.3) is 0 Å². The molecule has 0 aromatic carbocycles. The van der Waals surface area contributed by atoms with Crippen LogP contribution in [0.1, 0.15) is 219 Å². The van der Waals surface area contributed by atoms with E-state index in [9.17, 15) is 0 Å². The second kappa shape index (κ2) is 28.4. The van der Waals surface area contributed by atoms with Crippen molar-refractivity contribution in [1.82, 2.24) is 0 Å². The molecule has 0 amide bonds. The summed E-state index contributed by atoms with van der Waals surface area (Å²) in [7, 11) is 0. The van der Waals surface area contributed by atoms with E-state index in [1.54, 1.807) is 0 Å². The van der Waals surface area contributed by atoms with Gasteiger partial charge in [-0.1, -0.05) is 173 Å². The van der Waals surface area contributed by atoms with E-state index in [-0.39, 0.29) is 24.0 Å². The lowest BCUT2D eigenvalue weighted by atomic mass is 9.98. The lowest BCUT2D eigenvalue weighted by Crippen LogP contribution is -2.33. The molecule has 1 saturated carbocycles. The summed E-state index contributed by atoms with van der Waals surface area (Å²) in [5, 5.41) is 0. The maximum atomic E-state index is 6.68. The van der Waals surface area contributed by atoms with Gasteiger partial charge in [0.1, 0.15) is 0 Å². The third kappa shape index (κ3) is 21.1. The molecule has 1 aliphatic heterocycles. The summed E-state index contributed by atoms with van der Waals surface area (Å²) in [5.74, 6) is -0.319. The zero-order valence-electron chi connectivity index (χ0n) is 30.6. The van der Waals surface area contributed by atoms with Gasteiger partial charge in [-0.05, 0) is 57.8 Å². The van der Waals surface area contributed by atoms with Gasteiger partial charge in [-0.3, -0.25) is 0 Å². The summed E-state index contributed by atoms with van der Waals surface area (Å²) >= 11 is 0. The summed E-state index contributed by atoms with van der Waals surface area (Å²) in [6, 6.07) is 0.260. The molecule has 1 saturated heterocycles. The maximum Gasteiger partial charge on any atom is 0.169 e. The Balaban J connectivity index is 1.46. The Morgan fingerprint density at radius 2 is 0.800 bits per heavy atom. The van der Waals surface area contributed by atoms with Crippen LogP contribution in [0.15, 0.2) is 24.3 Å². The van der Waals surface area contributed by atoms with Gasteiger partial charge < -0.3 is 15.2 Å². The molecular weight excluding hydrogens is 550 g/mol. The third-order valence-electron chi connectivity index (χ3n) is 10.4. The standard InChI is InChI=1S/C42H79NO2/c1-3-5-7-9-11-13-15-17-19-21-23-25-27-29-31-33-35-42(44-40-37-39(43)38-41(40)45-42)36-34-32-30-28-26-24-22-20-18-16-14-12-10-8-6-4-2/h11,13,17,19,39-41H,3-10,12,14-16,18,20-38,43H2,1-2H3/b13-11-,19-17-/t39-,40-,41+,42?. The van der Waals surface area contributed by atoms with Crippen molar-refractivity contribution in [3.63, 3.8) is 0 Å². The van der Waals surface area contributed by atoms with Crippen LogP contribution in [0.2, 0.25) is 0 Å². The number of hydrogen-bond donors (Lipinski definition) is 1. The Morgan fingerprint density at radius 1 is 0.467 bits per heavy atom. The first-order valence-electron chi connectivity index (χ1n) is 20.6. The normalized spacial score (nSPS) is 23.2. The number of ether oxygens (including phenoxy) is 2. The molecule has 2 aliphatic rings. The van der Waals surface area contributed by atoms with Crippen LogP contribution in [-0.4, -0.2) is 24.0 Å². The Labute approximate surface area is 282 Å². The molecule has 3 heteroatoms. The van der Waals surface area contributed by atoms with E-state index < -0.39 is 0 Å². The monoisotopic (exact) mass is 630 g/mol. The minimum Gasteiger partial charge on any atom is -0.344 e. The first-order chi connectivity index (χ1) is 22.2. The number of hydrogen-bond acceptors (Lipinski definition) is 3. The van der Waals surface area contributed by atoms with Crippen molar-refractivity contribution in [1.29, 1.82) is 0 Å². The number of fused-ring (bicyclic) bond motifs is 1. The fourth-order valence-electron chi connectivity index (χ4n) is 7.51. The minimum absolute atomic E-state index is 0.241. The lowest BCUT2D eigenvalue weighted by Gasteiger charge is -2.30. The highest BCUT2D eigenvalue weighted by atomic mass is 16.8. The number of allylic oxidation sites excluding steroid dienone is 4. The summed E-state index contributed by atoms with van der Waals surface area (Å²) in [5.41, 5.74) is 6.23. The van der Waals surface area contributed by atoms with Crippen LogP contribution in [0.3, 0.4) is 0 Å². The van der Waals surface area contributed by atoms with Crippen molar-refractivity contribution >= 4 is 0 Å². The number of nitrogens with two attached hydrogens (primary N) is 1. The molecule has 45 heavy (non-hydrogen) atoms. The second-order valence-electron chi connectivity index (χ2n) is 14.8. The molecule has 2 fully saturated rings. The van der Waals surface area contributed by atoms with Crippen LogP contribution in [-0.2, 0) is 9.47 Å². The molecule has 2 rings (SSSR count). The highest BCUT2D eigenvalue weighted by molar-refractivity contribution is 4.95. The predicted octanol–water partition coefficient (Wildman–Crippen LogP) is 13.4. The van der Waals surface area contributed by atoms with E-state index >= 15 is 0 Å². The quantitative estimate of drug-likeness (QED) is 0.0595. The van der Waals surface area contributed by atoms with E-state index in [0.717, 1.165) is 32.1 Å². The average Bonchev–Trinajstić information content (AvgIpc) is 3.54. The highest BCUT2D eigenvalue weighted by Gasteiger charge is 2.50. The van der Waals surface area contributed by atoms with Gasteiger partial charge in [0.15, 0.2) is 5.79 Å². The molecule has 1 aliphatic carbocycles. The SMILES string of the molecule is CCCCC/C=C\C/C=C\CCCCCCCCC1(CCCCCCCCCCCCCCCCCC)O[C@H]2C[C@H](N)C[C@H]2O1. The summed E-state index contributed by atoms with van der Waals surface area (Å²) in [6.07, 6.45) is 52.2. The highest BCUT2D eigenvalue weighted by Crippen LogP contribution is 2.43. The Hall–Kier alpha value is -0.640. The van der Waals surface area contributed by atoms with Gasteiger partial charge in [-0.15, -0.1) is 0 Å². The zero-order valence-corrected chi connectivity index (χ0v) is 30.6. The van der Waals surface area contributed by atoms with Crippen LogP contribution in [0.5, 0.6) is 0 Å². The van der Waals surface area contributed by atoms with Crippen molar-refractivity contribution in [2.24, 2.45) is 5.73 Å². The Kier molecular flexibility index (Phi) is 25.6. The molecule has 2 N–H and O–H groups in total. The van der Waals surface area contributed by atoms with Crippen molar-refractivity contribution in [3.8, 4) is 0 Å². The minimum atomic E-state index is -0.319. The fraction of sp³-hybridized carbons (Fsp3) is 0.905. The fourth-order valence-corrected chi connectivity index (χ4v) is 7.51. The summed E-state index contributed by atoms with van der Waals surface area (Å²) in [4.78, 5) is 0. The lowest BCUT2D eigenvalue weighted by molar-refractivity contribution is -0.191. The molecule has 4 atom stereocenters. The van der Waals surface area contributed by atoms with Crippen LogP contribution < -0.4 is 5.73 Å². The number of unbranched alkanes of at least 4 members (excludes halogenated alkanes) is 24. The first-order valence-corrected chi connectivity index (χ1v) is 20.6. The van der Waals surface area contributed by atoms with Crippen molar-refractivity contribution in [2.45, 2.75) is 243 Å². The molecular formula is C42H79NO2. The summed E-state index contributed by atoms with van der Waals surface area (Å²) in [6.45, 7) is 4.57. The van der Waals surface area contributed by atoms with Gasteiger partial charge in [-0.2, -0.15) is 0 Å². The zero-order chi connectivity index (χ0) is 32.1. The Bertz CT molecular complexity index is 689. The van der Waals surface area contributed by atoms with Gasteiger partial charge in [-0.25, -0.2) is 0 Å². The van der Waals surface area contributed by atoms with Crippen molar-refractivity contribution in [3.05, 3.63) is 24.3 Å². The predicted molar refractivity (Wildman–Crippen MR) is 198 cm³/mol. The average molecular weight is 630 g/mol. The molecule has 0 bridgehead atoms. The molecule has 1 heterocycles.